The zero-order valence-corrected chi connectivity index (χ0v) is 12.3. The maximum atomic E-state index is 14.0. The van der Waals surface area contributed by atoms with Gasteiger partial charge in [-0.1, -0.05) is 22.9 Å². The standard InChI is InChI=1S/C13H17BrF2O/c1-6-13(15,16)10-9(4)11(14)7(2)8(3)12(10)17-5/h6H2,1-5H3. The van der Waals surface area contributed by atoms with Gasteiger partial charge in [-0.3, -0.25) is 0 Å². The Bertz CT molecular complexity index is 442. The van der Waals surface area contributed by atoms with Gasteiger partial charge >= 0.3 is 0 Å². The Balaban J connectivity index is 3.70. The second-order valence-electron chi connectivity index (χ2n) is 4.16. The molecule has 0 aromatic heterocycles. The van der Waals surface area contributed by atoms with Crippen LogP contribution in [0.25, 0.3) is 0 Å². The number of methoxy groups -OCH3 is 1. The number of ether oxygens (including phenoxy) is 1. The Labute approximate surface area is 109 Å². The van der Waals surface area contributed by atoms with Gasteiger partial charge in [0.25, 0.3) is 5.92 Å². The van der Waals surface area contributed by atoms with Gasteiger partial charge in [0.1, 0.15) is 5.75 Å². The van der Waals surface area contributed by atoms with Crippen LogP contribution in [0, 0.1) is 20.8 Å². The van der Waals surface area contributed by atoms with E-state index in [-0.39, 0.29) is 12.0 Å². The van der Waals surface area contributed by atoms with Gasteiger partial charge in [0.2, 0.25) is 0 Å². The predicted molar refractivity (Wildman–Crippen MR) is 69.1 cm³/mol. The van der Waals surface area contributed by atoms with Gasteiger partial charge in [-0.05, 0) is 37.5 Å². The van der Waals surface area contributed by atoms with E-state index in [0.29, 0.717) is 11.3 Å². The van der Waals surface area contributed by atoms with Crippen molar-refractivity contribution < 1.29 is 13.5 Å². The number of hydrogen-bond acceptors (Lipinski definition) is 1. The lowest BCUT2D eigenvalue weighted by Gasteiger charge is -2.24. The van der Waals surface area contributed by atoms with Crippen molar-refractivity contribution in [2.24, 2.45) is 0 Å². The van der Waals surface area contributed by atoms with E-state index in [1.807, 2.05) is 6.92 Å². The zero-order valence-electron chi connectivity index (χ0n) is 10.7. The van der Waals surface area contributed by atoms with Gasteiger partial charge in [-0.2, -0.15) is 0 Å². The van der Waals surface area contributed by atoms with E-state index in [9.17, 15) is 8.78 Å². The Hall–Kier alpha value is -0.640. The first-order chi connectivity index (χ1) is 7.77. The van der Waals surface area contributed by atoms with Crippen molar-refractivity contribution in [2.45, 2.75) is 40.0 Å². The van der Waals surface area contributed by atoms with Crippen LogP contribution in [0.3, 0.4) is 0 Å². The number of hydrogen-bond donors (Lipinski definition) is 0. The fourth-order valence-corrected chi connectivity index (χ4v) is 2.45. The van der Waals surface area contributed by atoms with Crippen LogP contribution in [0.1, 0.15) is 35.6 Å². The molecule has 1 rings (SSSR count). The van der Waals surface area contributed by atoms with Crippen molar-refractivity contribution in [1.29, 1.82) is 0 Å². The zero-order chi connectivity index (χ0) is 13.4. The molecule has 4 heteroatoms. The number of alkyl halides is 2. The molecule has 0 atom stereocenters. The Morgan fingerprint density at radius 1 is 1.12 bits per heavy atom. The van der Waals surface area contributed by atoms with E-state index in [1.54, 1.807) is 13.8 Å². The molecule has 96 valence electrons. The Morgan fingerprint density at radius 2 is 1.65 bits per heavy atom. The quantitative estimate of drug-likeness (QED) is 0.773. The third-order valence-corrected chi connectivity index (χ3v) is 4.37. The second kappa shape index (κ2) is 4.92. The molecule has 1 aromatic rings. The average molecular weight is 307 g/mol. The highest BCUT2D eigenvalue weighted by molar-refractivity contribution is 9.10. The normalized spacial score (nSPS) is 11.8. The van der Waals surface area contributed by atoms with Crippen LogP contribution < -0.4 is 4.74 Å². The number of benzene rings is 1. The summed E-state index contributed by atoms with van der Waals surface area (Å²) in [7, 11) is 1.43. The summed E-state index contributed by atoms with van der Waals surface area (Å²) in [6.07, 6.45) is -0.237. The second-order valence-corrected chi connectivity index (χ2v) is 4.95. The van der Waals surface area contributed by atoms with Gasteiger partial charge < -0.3 is 4.74 Å². The molecule has 17 heavy (non-hydrogen) atoms. The molecule has 0 fully saturated rings. The molecule has 0 saturated carbocycles. The summed E-state index contributed by atoms with van der Waals surface area (Å²) >= 11 is 3.38. The van der Waals surface area contributed by atoms with E-state index in [2.05, 4.69) is 15.9 Å². The highest BCUT2D eigenvalue weighted by atomic mass is 79.9. The fourth-order valence-electron chi connectivity index (χ4n) is 1.96. The van der Waals surface area contributed by atoms with Crippen LogP contribution in [0.2, 0.25) is 0 Å². The van der Waals surface area contributed by atoms with E-state index < -0.39 is 5.92 Å². The SMILES string of the molecule is CCC(F)(F)c1c(C)c(Br)c(C)c(C)c1OC. The molecule has 0 N–H and O–H groups in total. The number of rotatable bonds is 3. The molecule has 0 saturated heterocycles. The minimum atomic E-state index is -2.86. The van der Waals surface area contributed by atoms with Crippen molar-refractivity contribution in [2.75, 3.05) is 7.11 Å². The molecular weight excluding hydrogens is 290 g/mol. The van der Waals surface area contributed by atoms with Crippen molar-refractivity contribution in [3.8, 4) is 5.75 Å². The van der Waals surface area contributed by atoms with Gasteiger partial charge in [0, 0.05) is 10.9 Å². The van der Waals surface area contributed by atoms with Gasteiger partial charge in [0.05, 0.1) is 12.7 Å². The van der Waals surface area contributed by atoms with Gasteiger partial charge in [0.15, 0.2) is 0 Å². The van der Waals surface area contributed by atoms with E-state index in [0.717, 1.165) is 15.6 Å². The Kier molecular flexibility index (Phi) is 4.18. The van der Waals surface area contributed by atoms with Crippen molar-refractivity contribution in [3.05, 3.63) is 26.7 Å². The minimum absolute atomic E-state index is 0.00234. The molecule has 0 aliphatic rings. The monoisotopic (exact) mass is 306 g/mol. The molecule has 0 radical (unpaired) electrons. The molecular formula is C13H17BrF2O. The molecule has 0 amide bonds. The first-order valence-electron chi connectivity index (χ1n) is 5.49. The molecule has 0 bridgehead atoms. The van der Waals surface area contributed by atoms with Crippen LogP contribution in [-0.4, -0.2) is 7.11 Å². The topological polar surface area (TPSA) is 9.23 Å². The van der Waals surface area contributed by atoms with Crippen LogP contribution in [0.5, 0.6) is 5.75 Å². The van der Waals surface area contributed by atoms with Crippen LogP contribution >= 0.6 is 15.9 Å². The summed E-state index contributed by atoms with van der Waals surface area (Å²) in [5.41, 5.74) is 2.25. The molecule has 0 heterocycles. The summed E-state index contributed by atoms with van der Waals surface area (Å²) in [6, 6.07) is 0. The summed E-state index contributed by atoms with van der Waals surface area (Å²) < 4.78 is 33.9. The molecule has 1 aromatic carbocycles. The Morgan fingerprint density at radius 3 is 2.06 bits per heavy atom. The van der Waals surface area contributed by atoms with E-state index in [4.69, 9.17) is 4.74 Å². The van der Waals surface area contributed by atoms with E-state index in [1.165, 1.54) is 14.0 Å². The maximum Gasteiger partial charge on any atom is 0.276 e. The van der Waals surface area contributed by atoms with Crippen molar-refractivity contribution in [1.82, 2.24) is 0 Å². The molecule has 0 aliphatic heterocycles. The fraction of sp³-hybridized carbons (Fsp3) is 0.538. The van der Waals surface area contributed by atoms with E-state index >= 15 is 0 Å². The lowest BCUT2D eigenvalue weighted by Crippen LogP contribution is -2.17. The largest absolute Gasteiger partial charge is 0.496 e. The molecule has 0 spiro atoms. The minimum Gasteiger partial charge on any atom is -0.496 e. The first-order valence-corrected chi connectivity index (χ1v) is 6.28. The smallest absolute Gasteiger partial charge is 0.276 e. The predicted octanol–water partition coefficient (Wildman–Crippen LogP) is 4.88. The molecule has 0 unspecified atom stereocenters. The molecule has 1 nitrogen and oxygen atoms in total. The van der Waals surface area contributed by atoms with Gasteiger partial charge in [-0.25, -0.2) is 8.78 Å². The molecule has 0 aliphatic carbocycles. The summed E-state index contributed by atoms with van der Waals surface area (Å²) in [6.45, 7) is 6.86. The average Bonchev–Trinajstić information content (AvgIpc) is 2.30. The highest BCUT2D eigenvalue weighted by Gasteiger charge is 2.36. The van der Waals surface area contributed by atoms with Crippen LogP contribution in [-0.2, 0) is 5.92 Å². The lowest BCUT2D eigenvalue weighted by atomic mass is 9.93. The third kappa shape index (κ3) is 2.32. The van der Waals surface area contributed by atoms with Crippen LogP contribution in [0.15, 0.2) is 4.47 Å². The summed E-state index contributed by atoms with van der Waals surface area (Å²) in [5.74, 6) is -2.56. The third-order valence-electron chi connectivity index (χ3n) is 3.18. The van der Waals surface area contributed by atoms with Crippen molar-refractivity contribution in [3.63, 3.8) is 0 Å². The summed E-state index contributed by atoms with van der Waals surface area (Å²) in [4.78, 5) is 0. The first kappa shape index (κ1) is 14.4. The lowest BCUT2D eigenvalue weighted by molar-refractivity contribution is -0.0112. The van der Waals surface area contributed by atoms with Crippen molar-refractivity contribution >= 4 is 15.9 Å². The number of halogens is 3. The van der Waals surface area contributed by atoms with Crippen LogP contribution in [0.4, 0.5) is 8.78 Å². The summed E-state index contributed by atoms with van der Waals surface area (Å²) in [5, 5.41) is 0. The van der Waals surface area contributed by atoms with Gasteiger partial charge in [-0.15, -0.1) is 0 Å². The highest BCUT2D eigenvalue weighted by Crippen LogP contribution is 2.45. The maximum absolute atomic E-state index is 14.0.